The van der Waals surface area contributed by atoms with E-state index in [4.69, 9.17) is 14.9 Å². The van der Waals surface area contributed by atoms with Crippen LogP contribution < -0.4 is 15.8 Å². The molecule has 0 radical (unpaired) electrons. The van der Waals surface area contributed by atoms with Gasteiger partial charge in [-0.15, -0.1) is 0 Å². The van der Waals surface area contributed by atoms with Gasteiger partial charge in [0.2, 0.25) is 0 Å². The smallest absolute Gasteiger partial charge is 0.319 e. The number of nitro groups is 1. The summed E-state index contributed by atoms with van der Waals surface area (Å²) in [6.45, 7) is 7.21. The number of carbonyl (C=O) groups is 1. The molecule has 0 fully saturated rings. The van der Waals surface area contributed by atoms with E-state index in [9.17, 15) is 14.9 Å². The van der Waals surface area contributed by atoms with E-state index in [2.05, 4.69) is 15.4 Å². The summed E-state index contributed by atoms with van der Waals surface area (Å²) in [5, 5.41) is 14.7. The van der Waals surface area contributed by atoms with Crippen LogP contribution in [0.3, 0.4) is 0 Å². The summed E-state index contributed by atoms with van der Waals surface area (Å²) in [7, 11) is 0. The number of oxazole rings is 1. The first-order valence-electron chi connectivity index (χ1n) is 7.00. The first-order chi connectivity index (χ1) is 10.6. The van der Waals surface area contributed by atoms with Crippen LogP contribution >= 0.6 is 0 Å². The van der Waals surface area contributed by atoms with Crippen LogP contribution in [0.2, 0.25) is 0 Å². The van der Waals surface area contributed by atoms with Crippen molar-refractivity contribution in [3.8, 4) is 5.95 Å². The molecule has 0 saturated heterocycles. The number of rotatable bonds is 6. The Bertz CT molecular complexity index is 602. The minimum absolute atomic E-state index is 0.0781. The Morgan fingerprint density at radius 3 is 2.74 bits per heavy atom. The van der Waals surface area contributed by atoms with Gasteiger partial charge in [-0.05, 0) is 33.6 Å². The molecule has 0 atom stereocenters. The van der Waals surface area contributed by atoms with Crippen molar-refractivity contribution in [1.82, 2.24) is 10.3 Å². The number of hydrazone groups is 1. The van der Waals surface area contributed by atoms with Gasteiger partial charge in [-0.25, -0.2) is 15.1 Å². The second-order valence-electron chi connectivity index (χ2n) is 5.86. The van der Waals surface area contributed by atoms with E-state index in [0.717, 1.165) is 0 Å². The van der Waals surface area contributed by atoms with Gasteiger partial charge in [0.1, 0.15) is 10.8 Å². The Kier molecular flexibility index (Phi) is 6.05. The molecule has 0 aliphatic rings. The topological polar surface area (TPSA) is 146 Å². The van der Waals surface area contributed by atoms with Crippen LogP contribution in [0.15, 0.2) is 9.52 Å². The van der Waals surface area contributed by atoms with Crippen LogP contribution in [0, 0.1) is 22.5 Å². The number of ether oxygens (including phenoxy) is 1. The Balaban J connectivity index is 2.58. The van der Waals surface area contributed by atoms with E-state index in [0.29, 0.717) is 31.0 Å². The van der Waals surface area contributed by atoms with Gasteiger partial charge in [0.15, 0.2) is 10.9 Å². The fraction of sp³-hybridized carbons (Fsp3) is 0.615. The molecular weight excluding hydrogens is 306 g/mol. The van der Waals surface area contributed by atoms with E-state index in [1.807, 2.05) is 0 Å². The van der Waals surface area contributed by atoms with Gasteiger partial charge < -0.3 is 20.2 Å². The molecule has 1 heterocycles. The zero-order valence-electron chi connectivity index (χ0n) is 13.6. The van der Waals surface area contributed by atoms with Crippen LogP contribution in [-0.2, 0) is 11.2 Å². The molecule has 0 aromatic carbocycles. The third-order valence-electron chi connectivity index (χ3n) is 2.65. The van der Waals surface area contributed by atoms with E-state index in [1.54, 1.807) is 27.7 Å². The lowest BCUT2D eigenvalue weighted by molar-refractivity contribution is -0.485. The minimum atomic E-state index is -0.882. The van der Waals surface area contributed by atoms with Gasteiger partial charge in [-0.1, -0.05) is 0 Å². The summed E-state index contributed by atoms with van der Waals surface area (Å²) < 4.78 is 10.5. The second-order valence-corrected chi connectivity index (χ2v) is 5.86. The predicted molar refractivity (Wildman–Crippen MR) is 81.3 cm³/mol. The number of hydrogen-bond donors (Lipinski definition) is 2. The highest BCUT2D eigenvalue weighted by Crippen LogP contribution is 2.24. The van der Waals surface area contributed by atoms with Crippen molar-refractivity contribution < 1.29 is 19.0 Å². The Hall–Kier alpha value is -2.65. The maximum absolute atomic E-state index is 11.9. The van der Waals surface area contributed by atoms with Crippen LogP contribution in [0.25, 0.3) is 0 Å². The molecule has 10 nitrogen and oxygen atoms in total. The summed E-state index contributed by atoms with van der Waals surface area (Å²) in [4.78, 5) is 26.2. The van der Waals surface area contributed by atoms with Crippen molar-refractivity contribution in [1.29, 1.82) is 0 Å². The van der Waals surface area contributed by atoms with E-state index < -0.39 is 16.4 Å². The maximum atomic E-state index is 11.9. The average Bonchev–Trinajstić information content (AvgIpc) is 2.73. The summed E-state index contributed by atoms with van der Waals surface area (Å²) in [6.07, 6.45) is 0.989. The SMILES string of the molecule is Cc1nc(CCCN/C(N)=N/[N+](=O)[O-])c(OC(=O)C(C)(C)C)o1. The maximum Gasteiger partial charge on any atom is 0.319 e. The number of nitrogens with two attached hydrogens (primary N) is 1. The van der Waals surface area contributed by atoms with Gasteiger partial charge in [0, 0.05) is 13.5 Å². The molecule has 0 bridgehead atoms. The van der Waals surface area contributed by atoms with Crippen LogP contribution in [0.5, 0.6) is 5.95 Å². The van der Waals surface area contributed by atoms with Gasteiger partial charge in [0.05, 0.1) is 5.41 Å². The summed E-state index contributed by atoms with van der Waals surface area (Å²) in [5.41, 5.74) is 5.14. The summed E-state index contributed by atoms with van der Waals surface area (Å²) in [6, 6.07) is 0. The minimum Gasteiger partial charge on any atom is -0.410 e. The summed E-state index contributed by atoms with van der Waals surface area (Å²) >= 11 is 0. The normalized spacial score (nSPS) is 12.1. The Morgan fingerprint density at radius 2 is 2.17 bits per heavy atom. The molecule has 1 aromatic heterocycles. The molecule has 0 aliphatic carbocycles. The monoisotopic (exact) mass is 327 g/mol. The standard InChI is InChI=1S/C13H21N5O5/c1-8-16-9(6-5-7-15-12(14)17-18(20)21)10(22-8)23-11(19)13(2,3)4/h5-7H2,1-4H3,(H3,14,15,17). The number of hydrogen-bond acceptors (Lipinski definition) is 6. The third-order valence-corrected chi connectivity index (χ3v) is 2.65. The lowest BCUT2D eigenvalue weighted by Crippen LogP contribution is -2.33. The largest absolute Gasteiger partial charge is 0.410 e. The van der Waals surface area contributed by atoms with E-state index >= 15 is 0 Å². The van der Waals surface area contributed by atoms with Gasteiger partial charge in [-0.2, -0.15) is 0 Å². The first-order valence-corrected chi connectivity index (χ1v) is 7.00. The number of aromatic nitrogens is 1. The van der Waals surface area contributed by atoms with Crippen molar-refractivity contribution in [3.63, 3.8) is 0 Å². The molecule has 3 N–H and O–H groups in total. The van der Waals surface area contributed by atoms with Crippen molar-refractivity contribution in [3.05, 3.63) is 21.7 Å². The molecule has 1 rings (SSSR count). The lowest BCUT2D eigenvalue weighted by Gasteiger charge is -2.15. The van der Waals surface area contributed by atoms with Crippen molar-refractivity contribution >= 4 is 11.9 Å². The Labute approximate surface area is 133 Å². The Morgan fingerprint density at radius 1 is 1.52 bits per heavy atom. The van der Waals surface area contributed by atoms with Crippen molar-refractivity contribution in [2.45, 2.75) is 40.5 Å². The van der Waals surface area contributed by atoms with Crippen LogP contribution in [0.1, 0.15) is 38.8 Å². The number of nitrogens with zero attached hydrogens (tertiary/aromatic N) is 3. The van der Waals surface area contributed by atoms with Crippen molar-refractivity contribution in [2.24, 2.45) is 16.3 Å². The highest BCUT2D eigenvalue weighted by Gasteiger charge is 2.26. The molecule has 23 heavy (non-hydrogen) atoms. The predicted octanol–water partition coefficient (Wildman–Crippen LogP) is 0.963. The van der Waals surface area contributed by atoms with Gasteiger partial charge in [0.25, 0.3) is 5.96 Å². The number of carbonyl (C=O) groups excluding carboxylic acids is 1. The van der Waals surface area contributed by atoms with Crippen molar-refractivity contribution in [2.75, 3.05) is 6.54 Å². The number of guanidine groups is 1. The van der Waals surface area contributed by atoms with Crippen LogP contribution in [0.4, 0.5) is 0 Å². The molecule has 1 aromatic rings. The van der Waals surface area contributed by atoms with Crippen LogP contribution in [-0.4, -0.2) is 28.5 Å². The molecule has 0 amide bonds. The zero-order valence-corrected chi connectivity index (χ0v) is 13.6. The summed E-state index contributed by atoms with van der Waals surface area (Å²) in [5.74, 6) is -0.227. The highest BCUT2D eigenvalue weighted by atomic mass is 16.7. The zero-order chi connectivity index (χ0) is 17.6. The lowest BCUT2D eigenvalue weighted by atomic mass is 9.97. The molecule has 0 saturated carbocycles. The number of nitrogens with one attached hydrogen (secondary N) is 1. The average molecular weight is 327 g/mol. The molecule has 128 valence electrons. The molecular formula is C13H21N5O5. The first kappa shape index (κ1) is 18.4. The molecule has 0 spiro atoms. The van der Waals surface area contributed by atoms with E-state index in [1.165, 1.54) is 0 Å². The fourth-order valence-corrected chi connectivity index (χ4v) is 1.52. The van der Waals surface area contributed by atoms with Gasteiger partial charge in [-0.3, -0.25) is 4.79 Å². The fourth-order valence-electron chi connectivity index (χ4n) is 1.52. The van der Waals surface area contributed by atoms with E-state index in [-0.39, 0.29) is 11.9 Å². The highest BCUT2D eigenvalue weighted by molar-refractivity contribution is 5.77. The number of aryl methyl sites for hydroxylation is 2. The molecule has 0 unspecified atom stereocenters. The van der Waals surface area contributed by atoms with Gasteiger partial charge >= 0.3 is 11.9 Å². The number of esters is 1. The second kappa shape index (κ2) is 7.56. The molecule has 0 aliphatic heterocycles. The quantitative estimate of drug-likeness (QED) is 0.196. The molecule has 10 heteroatoms. The third kappa shape index (κ3) is 6.32.